The van der Waals surface area contributed by atoms with E-state index in [2.05, 4.69) is 0 Å². The Balaban J connectivity index is 1.44. The van der Waals surface area contributed by atoms with Gasteiger partial charge in [0.2, 0.25) is 0 Å². The van der Waals surface area contributed by atoms with Crippen LogP contribution in [0.1, 0.15) is 31.8 Å². The fourth-order valence-corrected chi connectivity index (χ4v) is 3.22. The number of ether oxygens (including phenoxy) is 2. The fraction of sp³-hybridized carbons (Fsp3) is 0.130. The van der Waals surface area contributed by atoms with Crippen molar-refractivity contribution in [3.63, 3.8) is 0 Å². The van der Waals surface area contributed by atoms with E-state index in [1.54, 1.807) is 31.4 Å². The summed E-state index contributed by atoms with van der Waals surface area (Å²) >= 11 is 0. The highest BCUT2D eigenvalue weighted by Crippen LogP contribution is 2.24. The van der Waals surface area contributed by atoms with Gasteiger partial charge in [-0.1, -0.05) is 36.4 Å². The van der Waals surface area contributed by atoms with E-state index in [4.69, 9.17) is 9.47 Å². The topological polar surface area (TPSA) is 55.8 Å². The van der Waals surface area contributed by atoms with E-state index in [0.29, 0.717) is 17.7 Å². The molecule has 0 spiro atoms. The molecule has 140 valence electrons. The highest BCUT2D eigenvalue weighted by molar-refractivity contribution is 6.21. The first kappa shape index (κ1) is 17.8. The monoisotopic (exact) mass is 373 g/mol. The molecule has 1 aliphatic heterocycles. The Hall–Kier alpha value is -3.60. The molecule has 0 unspecified atom stereocenters. The Kier molecular flexibility index (Phi) is 4.81. The van der Waals surface area contributed by atoms with Gasteiger partial charge in [-0.15, -0.1) is 0 Å². The molecule has 0 fully saturated rings. The van der Waals surface area contributed by atoms with Crippen LogP contribution < -0.4 is 9.47 Å². The number of hydrogen-bond acceptors (Lipinski definition) is 4. The van der Waals surface area contributed by atoms with Crippen LogP contribution in [0.2, 0.25) is 0 Å². The highest BCUT2D eigenvalue weighted by Gasteiger charge is 2.34. The molecule has 0 atom stereocenters. The van der Waals surface area contributed by atoms with Crippen LogP contribution in [-0.2, 0) is 13.2 Å². The van der Waals surface area contributed by atoms with E-state index in [-0.39, 0.29) is 18.4 Å². The van der Waals surface area contributed by atoms with E-state index < -0.39 is 0 Å². The second-order valence-corrected chi connectivity index (χ2v) is 6.53. The van der Waals surface area contributed by atoms with Gasteiger partial charge in [0.1, 0.15) is 18.1 Å². The van der Waals surface area contributed by atoms with Gasteiger partial charge in [-0.05, 0) is 47.5 Å². The molecule has 0 bridgehead atoms. The molecule has 0 saturated heterocycles. The van der Waals surface area contributed by atoms with Crippen LogP contribution in [0.5, 0.6) is 11.5 Å². The van der Waals surface area contributed by atoms with Gasteiger partial charge in [0.15, 0.2) is 0 Å². The molecule has 3 aromatic carbocycles. The molecule has 3 aromatic rings. The molecule has 0 N–H and O–H groups in total. The quantitative estimate of drug-likeness (QED) is 0.611. The van der Waals surface area contributed by atoms with Gasteiger partial charge >= 0.3 is 0 Å². The van der Waals surface area contributed by atoms with Crippen molar-refractivity contribution in [3.8, 4) is 11.5 Å². The Labute approximate surface area is 163 Å². The zero-order valence-electron chi connectivity index (χ0n) is 15.4. The van der Waals surface area contributed by atoms with E-state index in [9.17, 15) is 9.59 Å². The molecule has 4 rings (SSSR count). The number of hydrogen-bond donors (Lipinski definition) is 0. The Morgan fingerprint density at radius 1 is 0.750 bits per heavy atom. The summed E-state index contributed by atoms with van der Waals surface area (Å²) in [6.45, 7) is 0.630. The van der Waals surface area contributed by atoms with Gasteiger partial charge in [-0.2, -0.15) is 0 Å². The van der Waals surface area contributed by atoms with E-state index >= 15 is 0 Å². The first-order valence-electron chi connectivity index (χ1n) is 8.95. The summed E-state index contributed by atoms with van der Waals surface area (Å²) in [7, 11) is 1.62. The van der Waals surface area contributed by atoms with Crippen molar-refractivity contribution in [2.75, 3.05) is 7.11 Å². The maximum absolute atomic E-state index is 12.5. The van der Waals surface area contributed by atoms with Crippen molar-refractivity contribution in [1.82, 2.24) is 4.90 Å². The lowest BCUT2D eigenvalue weighted by Crippen LogP contribution is -2.29. The summed E-state index contributed by atoms with van der Waals surface area (Å²) in [4.78, 5) is 26.3. The molecule has 1 aliphatic rings. The third-order valence-electron chi connectivity index (χ3n) is 4.68. The number of nitrogens with zero attached hydrogens (tertiary/aromatic N) is 1. The maximum Gasteiger partial charge on any atom is 0.261 e. The zero-order valence-corrected chi connectivity index (χ0v) is 15.4. The van der Waals surface area contributed by atoms with Crippen LogP contribution in [0.15, 0.2) is 72.8 Å². The maximum atomic E-state index is 12.5. The lowest BCUT2D eigenvalue weighted by atomic mass is 10.1. The predicted octanol–water partition coefficient (Wildman–Crippen LogP) is 4.07. The minimum Gasteiger partial charge on any atom is -0.497 e. The van der Waals surface area contributed by atoms with Gasteiger partial charge < -0.3 is 9.47 Å². The Morgan fingerprint density at radius 3 is 2.00 bits per heavy atom. The van der Waals surface area contributed by atoms with Gasteiger partial charge in [0.25, 0.3) is 11.8 Å². The van der Waals surface area contributed by atoms with Crippen LogP contribution in [0, 0.1) is 0 Å². The Bertz CT molecular complexity index is 992. The number of imide groups is 1. The first-order valence-corrected chi connectivity index (χ1v) is 8.95. The molecule has 0 aliphatic carbocycles. The minimum absolute atomic E-state index is 0.239. The average Bonchev–Trinajstić information content (AvgIpc) is 2.98. The van der Waals surface area contributed by atoms with Crippen LogP contribution in [0.4, 0.5) is 0 Å². The summed E-state index contributed by atoms with van der Waals surface area (Å²) < 4.78 is 10.9. The summed E-state index contributed by atoms with van der Waals surface area (Å²) in [5.41, 5.74) is 2.77. The van der Waals surface area contributed by atoms with Crippen molar-refractivity contribution >= 4 is 11.8 Å². The number of carbonyl (C=O) groups excluding carboxylic acids is 2. The summed E-state index contributed by atoms with van der Waals surface area (Å²) in [5, 5.41) is 0. The number of benzene rings is 3. The number of rotatable bonds is 6. The zero-order chi connectivity index (χ0) is 19.5. The smallest absolute Gasteiger partial charge is 0.261 e. The summed E-state index contributed by atoms with van der Waals surface area (Å²) in [5.74, 6) is 1.02. The predicted molar refractivity (Wildman–Crippen MR) is 104 cm³/mol. The van der Waals surface area contributed by atoms with Crippen molar-refractivity contribution < 1.29 is 19.1 Å². The SMILES string of the molecule is COc1ccc(OCc2cccc(CN3C(=O)c4ccccc4C3=O)c2)cc1. The summed E-state index contributed by atoms with van der Waals surface area (Å²) in [6.07, 6.45) is 0. The standard InChI is InChI=1S/C23H19NO4/c1-27-18-9-11-19(12-10-18)28-15-17-6-4-5-16(13-17)14-24-22(25)20-7-2-3-8-21(20)23(24)26/h2-13H,14-15H2,1H3. The molecule has 5 nitrogen and oxygen atoms in total. The number of fused-ring (bicyclic) bond motifs is 1. The van der Waals surface area contributed by atoms with Gasteiger partial charge in [-0.25, -0.2) is 0 Å². The largest absolute Gasteiger partial charge is 0.497 e. The van der Waals surface area contributed by atoms with Gasteiger partial charge in [0.05, 0.1) is 24.8 Å². The van der Waals surface area contributed by atoms with Crippen molar-refractivity contribution in [2.45, 2.75) is 13.2 Å². The molecule has 0 saturated carbocycles. The average molecular weight is 373 g/mol. The molecular weight excluding hydrogens is 354 g/mol. The molecular formula is C23H19NO4. The van der Waals surface area contributed by atoms with Crippen LogP contribution in [0.3, 0.4) is 0 Å². The molecule has 28 heavy (non-hydrogen) atoms. The van der Waals surface area contributed by atoms with Gasteiger partial charge in [-0.3, -0.25) is 14.5 Å². The number of methoxy groups -OCH3 is 1. The van der Waals surface area contributed by atoms with Gasteiger partial charge in [0, 0.05) is 0 Å². The third-order valence-corrected chi connectivity index (χ3v) is 4.68. The highest BCUT2D eigenvalue weighted by atomic mass is 16.5. The third kappa shape index (κ3) is 3.47. The van der Waals surface area contributed by atoms with Crippen LogP contribution >= 0.6 is 0 Å². The van der Waals surface area contributed by atoms with Crippen molar-refractivity contribution in [3.05, 3.63) is 95.1 Å². The van der Waals surface area contributed by atoms with Crippen LogP contribution in [0.25, 0.3) is 0 Å². The van der Waals surface area contributed by atoms with E-state index in [1.807, 2.05) is 48.5 Å². The molecule has 1 heterocycles. The van der Waals surface area contributed by atoms with Crippen molar-refractivity contribution in [2.24, 2.45) is 0 Å². The second-order valence-electron chi connectivity index (χ2n) is 6.53. The Morgan fingerprint density at radius 2 is 1.36 bits per heavy atom. The minimum atomic E-state index is -0.250. The fourth-order valence-electron chi connectivity index (χ4n) is 3.22. The second kappa shape index (κ2) is 7.56. The molecule has 5 heteroatoms. The lowest BCUT2D eigenvalue weighted by molar-refractivity contribution is 0.0642. The summed E-state index contributed by atoms with van der Waals surface area (Å²) in [6, 6.07) is 22.0. The van der Waals surface area contributed by atoms with Crippen molar-refractivity contribution in [1.29, 1.82) is 0 Å². The first-order chi connectivity index (χ1) is 13.7. The lowest BCUT2D eigenvalue weighted by Gasteiger charge is -2.15. The number of amides is 2. The van der Waals surface area contributed by atoms with E-state index in [1.165, 1.54) is 4.90 Å². The molecule has 0 aromatic heterocycles. The molecule has 2 amide bonds. The van der Waals surface area contributed by atoms with Crippen LogP contribution in [-0.4, -0.2) is 23.8 Å². The van der Waals surface area contributed by atoms with E-state index in [0.717, 1.165) is 22.6 Å². The normalized spacial score (nSPS) is 12.8. The number of carbonyl (C=O) groups is 2. The molecule has 0 radical (unpaired) electrons.